The zero-order valence-electron chi connectivity index (χ0n) is 9.98. The van der Waals surface area contributed by atoms with Gasteiger partial charge in [-0.3, -0.25) is 4.99 Å². The Labute approximate surface area is 96.8 Å². The van der Waals surface area contributed by atoms with Crippen molar-refractivity contribution in [2.45, 2.75) is 56.7 Å². The molecule has 2 fully saturated rings. The molecule has 0 aromatic rings. The third kappa shape index (κ3) is 1.29. The summed E-state index contributed by atoms with van der Waals surface area (Å²) in [7, 11) is 0. The summed E-state index contributed by atoms with van der Waals surface area (Å²) in [6.45, 7) is 3.85. The van der Waals surface area contributed by atoms with Crippen molar-refractivity contribution in [2.75, 3.05) is 13.2 Å². The predicted octanol–water partition coefficient (Wildman–Crippen LogP) is 1.11. The number of guanidine groups is 1. The van der Waals surface area contributed by atoms with Gasteiger partial charge in [-0.1, -0.05) is 12.8 Å². The Balaban J connectivity index is 1.89. The van der Waals surface area contributed by atoms with Crippen LogP contribution in [0.1, 0.15) is 39.0 Å². The third-order valence-electron chi connectivity index (χ3n) is 4.59. The van der Waals surface area contributed by atoms with E-state index in [4.69, 9.17) is 10.5 Å². The Hall–Kier alpha value is -0.770. The second-order valence-corrected chi connectivity index (χ2v) is 5.35. The van der Waals surface area contributed by atoms with E-state index in [1.54, 1.807) is 0 Å². The molecule has 0 aromatic heterocycles. The maximum atomic E-state index is 6.10. The lowest BCUT2D eigenvalue weighted by Crippen LogP contribution is -2.59. The van der Waals surface area contributed by atoms with Gasteiger partial charge >= 0.3 is 0 Å². The molecule has 2 aliphatic heterocycles. The van der Waals surface area contributed by atoms with E-state index in [-0.39, 0.29) is 11.6 Å². The molecule has 2 N–H and O–H groups in total. The summed E-state index contributed by atoms with van der Waals surface area (Å²) >= 11 is 0. The minimum absolute atomic E-state index is 0.0824. The third-order valence-corrected chi connectivity index (χ3v) is 4.59. The highest BCUT2D eigenvalue weighted by Crippen LogP contribution is 2.40. The molecular weight excluding hydrogens is 202 g/mol. The minimum Gasteiger partial charge on any atom is -0.376 e. The number of rotatable bonds is 1. The van der Waals surface area contributed by atoms with Gasteiger partial charge in [0.05, 0.1) is 18.2 Å². The topological polar surface area (TPSA) is 50.9 Å². The molecule has 0 aromatic carbocycles. The zero-order valence-corrected chi connectivity index (χ0v) is 9.98. The number of ether oxygens (including phenoxy) is 1. The largest absolute Gasteiger partial charge is 0.376 e. The number of hydrogen-bond acceptors (Lipinski definition) is 4. The van der Waals surface area contributed by atoms with Crippen molar-refractivity contribution in [3.05, 3.63) is 0 Å². The van der Waals surface area contributed by atoms with Crippen LogP contribution >= 0.6 is 0 Å². The van der Waals surface area contributed by atoms with Crippen LogP contribution < -0.4 is 5.73 Å². The van der Waals surface area contributed by atoms with E-state index in [0.29, 0.717) is 6.04 Å². The van der Waals surface area contributed by atoms with Crippen LogP contribution in [0, 0.1) is 0 Å². The van der Waals surface area contributed by atoms with Crippen LogP contribution in [0.4, 0.5) is 0 Å². The lowest BCUT2D eigenvalue weighted by atomic mass is 9.89. The average molecular weight is 223 g/mol. The first-order valence-corrected chi connectivity index (χ1v) is 6.45. The standard InChI is InChI=1S/C12H21N3O/c1-9-12(6-7-16-9)8-14-11(13)15(12)10-4-2-3-5-10/h9-10H,2-8H2,1H3,(H2,13,14). The highest BCUT2D eigenvalue weighted by molar-refractivity contribution is 5.81. The first kappa shape index (κ1) is 10.4. The van der Waals surface area contributed by atoms with Gasteiger partial charge in [0.25, 0.3) is 0 Å². The first-order chi connectivity index (χ1) is 7.74. The molecule has 0 bridgehead atoms. The summed E-state index contributed by atoms with van der Waals surface area (Å²) in [5.74, 6) is 0.754. The molecule has 0 radical (unpaired) electrons. The molecular formula is C12H21N3O. The van der Waals surface area contributed by atoms with Gasteiger partial charge in [-0.2, -0.15) is 0 Å². The van der Waals surface area contributed by atoms with Crippen LogP contribution in [0.2, 0.25) is 0 Å². The Kier molecular flexibility index (Phi) is 2.35. The van der Waals surface area contributed by atoms with E-state index < -0.39 is 0 Å². The molecule has 3 aliphatic rings. The van der Waals surface area contributed by atoms with Gasteiger partial charge < -0.3 is 15.4 Å². The highest BCUT2D eigenvalue weighted by Gasteiger charge is 2.52. The summed E-state index contributed by atoms with van der Waals surface area (Å²) in [6, 6.07) is 0.607. The van der Waals surface area contributed by atoms with E-state index in [0.717, 1.165) is 25.5 Å². The molecule has 16 heavy (non-hydrogen) atoms. The quantitative estimate of drug-likeness (QED) is 0.724. The molecule has 1 aliphatic carbocycles. The van der Waals surface area contributed by atoms with Crippen molar-refractivity contribution in [2.24, 2.45) is 10.7 Å². The van der Waals surface area contributed by atoms with Gasteiger partial charge in [0.2, 0.25) is 0 Å². The van der Waals surface area contributed by atoms with Gasteiger partial charge in [0.1, 0.15) is 0 Å². The fourth-order valence-electron chi connectivity index (χ4n) is 3.61. The van der Waals surface area contributed by atoms with Crippen molar-refractivity contribution < 1.29 is 4.74 Å². The molecule has 4 nitrogen and oxygen atoms in total. The lowest BCUT2D eigenvalue weighted by Gasteiger charge is -2.42. The second kappa shape index (κ2) is 3.62. The van der Waals surface area contributed by atoms with Crippen molar-refractivity contribution in [3.8, 4) is 0 Å². The molecule has 2 heterocycles. The fraction of sp³-hybridized carbons (Fsp3) is 0.917. The Bertz CT molecular complexity index is 311. The van der Waals surface area contributed by atoms with E-state index in [9.17, 15) is 0 Å². The Morgan fingerprint density at radius 2 is 2.19 bits per heavy atom. The second-order valence-electron chi connectivity index (χ2n) is 5.35. The summed E-state index contributed by atoms with van der Waals surface area (Å²) in [5, 5.41) is 0. The highest BCUT2D eigenvalue weighted by atomic mass is 16.5. The summed E-state index contributed by atoms with van der Waals surface area (Å²) in [6.07, 6.45) is 6.54. The molecule has 4 heteroatoms. The van der Waals surface area contributed by atoms with Crippen LogP contribution in [0.3, 0.4) is 0 Å². The van der Waals surface area contributed by atoms with Crippen LogP contribution in [0.25, 0.3) is 0 Å². The predicted molar refractivity (Wildman–Crippen MR) is 63.3 cm³/mol. The van der Waals surface area contributed by atoms with Crippen LogP contribution in [-0.4, -0.2) is 41.7 Å². The van der Waals surface area contributed by atoms with Gasteiger partial charge in [-0.25, -0.2) is 0 Å². The zero-order chi connectivity index (χ0) is 11.2. The van der Waals surface area contributed by atoms with Crippen molar-refractivity contribution >= 4 is 5.96 Å². The van der Waals surface area contributed by atoms with Crippen molar-refractivity contribution in [1.29, 1.82) is 0 Å². The summed E-state index contributed by atoms with van der Waals surface area (Å²) in [4.78, 5) is 6.89. The van der Waals surface area contributed by atoms with E-state index in [1.165, 1.54) is 25.7 Å². The minimum atomic E-state index is 0.0824. The normalized spacial score (nSPS) is 39.9. The molecule has 0 amide bonds. The molecule has 1 spiro atoms. The first-order valence-electron chi connectivity index (χ1n) is 6.45. The molecule has 1 saturated carbocycles. The number of aliphatic imine (C=N–C) groups is 1. The maximum absolute atomic E-state index is 6.10. The molecule has 2 unspecified atom stereocenters. The van der Waals surface area contributed by atoms with Gasteiger partial charge in [0, 0.05) is 12.6 Å². The SMILES string of the molecule is CC1OCCC12CN=C(N)N2C1CCCC1. The number of nitrogens with zero attached hydrogens (tertiary/aromatic N) is 2. The number of nitrogens with two attached hydrogens (primary N) is 1. The molecule has 2 atom stereocenters. The molecule has 90 valence electrons. The van der Waals surface area contributed by atoms with E-state index in [1.807, 2.05) is 0 Å². The van der Waals surface area contributed by atoms with E-state index in [2.05, 4.69) is 16.8 Å². The van der Waals surface area contributed by atoms with Crippen LogP contribution in [0.5, 0.6) is 0 Å². The van der Waals surface area contributed by atoms with Gasteiger partial charge in [-0.15, -0.1) is 0 Å². The molecule has 1 saturated heterocycles. The van der Waals surface area contributed by atoms with Crippen LogP contribution in [-0.2, 0) is 4.74 Å². The lowest BCUT2D eigenvalue weighted by molar-refractivity contribution is 0.0413. The fourth-order valence-corrected chi connectivity index (χ4v) is 3.61. The van der Waals surface area contributed by atoms with E-state index >= 15 is 0 Å². The van der Waals surface area contributed by atoms with Crippen molar-refractivity contribution in [1.82, 2.24) is 4.90 Å². The monoisotopic (exact) mass is 223 g/mol. The summed E-state index contributed by atoms with van der Waals surface area (Å²) < 4.78 is 5.76. The number of hydrogen-bond donors (Lipinski definition) is 1. The summed E-state index contributed by atoms with van der Waals surface area (Å²) in [5.41, 5.74) is 6.18. The van der Waals surface area contributed by atoms with Crippen LogP contribution in [0.15, 0.2) is 4.99 Å². The Morgan fingerprint density at radius 1 is 1.44 bits per heavy atom. The van der Waals surface area contributed by atoms with Crippen molar-refractivity contribution in [3.63, 3.8) is 0 Å². The van der Waals surface area contributed by atoms with Gasteiger partial charge in [0.15, 0.2) is 5.96 Å². The average Bonchev–Trinajstić information content (AvgIpc) is 2.93. The Morgan fingerprint density at radius 3 is 2.81 bits per heavy atom. The smallest absolute Gasteiger partial charge is 0.192 e. The van der Waals surface area contributed by atoms with Gasteiger partial charge in [-0.05, 0) is 26.2 Å². The molecule has 3 rings (SSSR count). The maximum Gasteiger partial charge on any atom is 0.192 e.